The highest BCUT2D eigenvalue weighted by Gasteiger charge is 2.43. The van der Waals surface area contributed by atoms with Gasteiger partial charge in [-0.2, -0.15) is 0 Å². The molecule has 5 N–H and O–H groups in total. The zero-order chi connectivity index (χ0) is 43.3. The molecule has 5 heterocycles. The van der Waals surface area contributed by atoms with Crippen LogP contribution in [0.15, 0.2) is 48.7 Å². The van der Waals surface area contributed by atoms with Gasteiger partial charge in [0, 0.05) is 37.8 Å². The number of imidazole rings is 2. The number of aromatic amines is 2. The zero-order valence-corrected chi connectivity index (χ0v) is 35.3. The lowest BCUT2D eigenvalue weighted by atomic mass is 9.92. The number of fused-ring (bicyclic) bond motifs is 6. The van der Waals surface area contributed by atoms with E-state index in [1.807, 2.05) is 25.1 Å². The first-order valence-corrected chi connectivity index (χ1v) is 20.6. The van der Waals surface area contributed by atoms with Crippen molar-refractivity contribution in [2.75, 3.05) is 27.9 Å². The Morgan fingerprint density at radius 1 is 0.885 bits per heavy atom. The smallest absolute Gasteiger partial charge is 0.407 e. The summed E-state index contributed by atoms with van der Waals surface area (Å²) in [4.78, 5) is 71.7. The molecule has 322 valence electrons. The number of hydrogen-bond acceptors (Lipinski definition) is 10. The number of hydrogen-bond donors (Lipinski definition) is 5. The summed E-state index contributed by atoms with van der Waals surface area (Å²) in [6.45, 7) is 8.31. The number of benzene rings is 3. The number of carboxylic acid groups (broad SMARTS) is 1. The molecule has 0 bridgehead atoms. The van der Waals surface area contributed by atoms with Crippen LogP contribution in [0, 0.1) is 5.92 Å². The van der Waals surface area contributed by atoms with Gasteiger partial charge >= 0.3 is 12.2 Å². The summed E-state index contributed by atoms with van der Waals surface area (Å²) in [7, 11) is 4.20. The van der Waals surface area contributed by atoms with E-state index in [2.05, 4.69) is 51.8 Å². The zero-order valence-electron chi connectivity index (χ0n) is 35.3. The van der Waals surface area contributed by atoms with Crippen LogP contribution in [-0.4, -0.2) is 117 Å². The van der Waals surface area contributed by atoms with Gasteiger partial charge in [0.15, 0.2) is 0 Å². The van der Waals surface area contributed by atoms with Crippen molar-refractivity contribution in [2.24, 2.45) is 5.92 Å². The molecule has 0 radical (unpaired) electrons. The van der Waals surface area contributed by atoms with Gasteiger partial charge in [0.05, 0.1) is 54.3 Å². The highest BCUT2D eigenvalue weighted by atomic mass is 16.5. The van der Waals surface area contributed by atoms with Gasteiger partial charge in [0.2, 0.25) is 11.8 Å². The van der Waals surface area contributed by atoms with E-state index in [-0.39, 0.29) is 35.9 Å². The molecule has 0 saturated carbocycles. The summed E-state index contributed by atoms with van der Waals surface area (Å²) < 4.78 is 22.0. The normalized spacial score (nSPS) is 21.6. The summed E-state index contributed by atoms with van der Waals surface area (Å²) in [5.74, 6) is 1.63. The Morgan fingerprint density at radius 2 is 1.64 bits per heavy atom. The topological polar surface area (TPSA) is 213 Å². The maximum atomic E-state index is 13.9. The predicted octanol–water partition coefficient (Wildman–Crippen LogP) is 6.06. The number of carbonyl (C=O) groups is 4. The van der Waals surface area contributed by atoms with E-state index in [9.17, 15) is 24.3 Å². The molecule has 0 aliphatic carbocycles. The van der Waals surface area contributed by atoms with Crippen molar-refractivity contribution in [2.45, 2.75) is 96.0 Å². The summed E-state index contributed by atoms with van der Waals surface area (Å²) in [6.07, 6.45) is 0.655. The quantitative estimate of drug-likeness (QED) is 0.103. The van der Waals surface area contributed by atoms with Crippen molar-refractivity contribution < 1.29 is 43.2 Å². The third kappa shape index (κ3) is 7.71. The van der Waals surface area contributed by atoms with E-state index in [0.717, 1.165) is 61.9 Å². The molecule has 3 aliphatic heterocycles. The molecule has 8 atom stereocenters. The third-order valence-corrected chi connectivity index (χ3v) is 12.6. The van der Waals surface area contributed by atoms with Crippen LogP contribution in [-0.2, 0) is 30.4 Å². The number of amides is 4. The number of carbonyl (C=O) groups excluding carboxylic acids is 3. The minimum Gasteiger partial charge on any atom is -0.488 e. The molecule has 2 fully saturated rings. The van der Waals surface area contributed by atoms with E-state index in [4.69, 9.17) is 28.9 Å². The van der Waals surface area contributed by atoms with E-state index >= 15 is 0 Å². The number of nitrogens with one attached hydrogen (secondary N) is 4. The molecule has 3 aliphatic rings. The van der Waals surface area contributed by atoms with E-state index in [0.29, 0.717) is 37.6 Å². The monoisotopic (exact) mass is 836 g/mol. The fourth-order valence-electron chi connectivity index (χ4n) is 9.15. The number of H-pyrrole nitrogens is 2. The minimum absolute atomic E-state index is 0.125. The Kier molecular flexibility index (Phi) is 11.4. The molecule has 3 aromatic carbocycles. The summed E-state index contributed by atoms with van der Waals surface area (Å²) >= 11 is 0. The molecule has 2 saturated heterocycles. The molecule has 17 heteroatoms. The standard InChI is InChI=1S/C44H52N8O9/c1-21-14-34(51(19-21)41(53)36(23(3)58-5)50-44(57)60-7)39-45-18-32(47-39)26-9-11-28-27(15-26)20-61-35-17-29-25(16-30(28)35)10-12-31-38(29)48-40(46-31)33-13-8-22(2)52(33)42(54)37(24(4)59-6)49-43(55)56/h9-12,15-18,21-24,33-34,36-37,49H,8,13-14,19-20H2,1-7H3,(H,45,47)(H,46,48)(H,50,57)(H,55,56)/t21?,22-,23?,24+,33-,34-,36-,37-/m0/s1. The van der Waals surface area contributed by atoms with E-state index < -0.39 is 36.5 Å². The lowest BCUT2D eigenvalue weighted by Crippen LogP contribution is -2.55. The number of methoxy groups -OCH3 is 3. The highest BCUT2D eigenvalue weighted by molar-refractivity contribution is 6.07. The van der Waals surface area contributed by atoms with Gasteiger partial charge in [-0.3, -0.25) is 9.59 Å². The van der Waals surface area contributed by atoms with Gasteiger partial charge in [-0.05, 0) is 92.3 Å². The van der Waals surface area contributed by atoms with Crippen molar-refractivity contribution in [3.8, 4) is 28.1 Å². The second-order valence-corrected chi connectivity index (χ2v) is 16.5. The van der Waals surface area contributed by atoms with Crippen molar-refractivity contribution in [3.63, 3.8) is 0 Å². The van der Waals surface area contributed by atoms with Crippen molar-refractivity contribution in [1.29, 1.82) is 0 Å². The molecule has 17 nitrogen and oxygen atoms in total. The Labute approximate surface area is 352 Å². The number of ether oxygens (including phenoxy) is 4. The molecule has 4 amide bonds. The molecular weight excluding hydrogens is 785 g/mol. The van der Waals surface area contributed by atoms with Crippen molar-refractivity contribution in [1.82, 2.24) is 40.4 Å². The fraction of sp³-hybridized carbons (Fsp3) is 0.455. The Bertz CT molecular complexity index is 2500. The van der Waals surface area contributed by atoms with Crippen LogP contribution in [0.3, 0.4) is 0 Å². The summed E-state index contributed by atoms with van der Waals surface area (Å²) in [5.41, 5.74) is 6.33. The van der Waals surface area contributed by atoms with Crippen LogP contribution < -0.4 is 15.4 Å². The van der Waals surface area contributed by atoms with E-state index in [1.54, 1.807) is 29.8 Å². The van der Waals surface area contributed by atoms with Gasteiger partial charge in [-0.15, -0.1) is 0 Å². The van der Waals surface area contributed by atoms with Crippen LogP contribution in [0.25, 0.3) is 44.2 Å². The highest BCUT2D eigenvalue weighted by Crippen LogP contribution is 2.44. The molecule has 61 heavy (non-hydrogen) atoms. The van der Waals surface area contributed by atoms with Crippen LogP contribution in [0.1, 0.15) is 76.3 Å². The Morgan fingerprint density at radius 3 is 2.36 bits per heavy atom. The summed E-state index contributed by atoms with van der Waals surface area (Å²) in [6, 6.07) is 11.6. The average Bonchev–Trinajstić information content (AvgIpc) is 4.08. The number of nitrogens with zero attached hydrogens (tertiary/aromatic N) is 4. The van der Waals surface area contributed by atoms with Gasteiger partial charge in [0.1, 0.15) is 36.1 Å². The second kappa shape index (κ2) is 16.7. The Balaban J connectivity index is 1.05. The minimum atomic E-state index is -1.29. The van der Waals surface area contributed by atoms with Gasteiger partial charge in [0.25, 0.3) is 0 Å². The molecule has 2 unspecified atom stereocenters. The second-order valence-electron chi connectivity index (χ2n) is 16.5. The first-order chi connectivity index (χ1) is 29.3. The van der Waals surface area contributed by atoms with E-state index in [1.165, 1.54) is 21.3 Å². The number of aromatic nitrogens is 4. The first-order valence-electron chi connectivity index (χ1n) is 20.6. The maximum absolute atomic E-state index is 13.9. The molecule has 8 rings (SSSR count). The predicted molar refractivity (Wildman–Crippen MR) is 225 cm³/mol. The Hall–Kier alpha value is -6.20. The van der Waals surface area contributed by atoms with Gasteiger partial charge < -0.3 is 54.5 Å². The van der Waals surface area contributed by atoms with Gasteiger partial charge in [-0.1, -0.05) is 25.1 Å². The largest absolute Gasteiger partial charge is 0.488 e. The molecular formula is C44H52N8O9. The van der Waals surface area contributed by atoms with Crippen molar-refractivity contribution >= 4 is 45.8 Å². The van der Waals surface area contributed by atoms with Crippen LogP contribution >= 0.6 is 0 Å². The lowest BCUT2D eigenvalue weighted by Gasteiger charge is -2.33. The number of alkyl carbamates (subject to hydrolysis) is 1. The summed E-state index contributed by atoms with van der Waals surface area (Å²) in [5, 5.41) is 16.4. The average molecular weight is 837 g/mol. The molecule has 5 aromatic rings. The van der Waals surface area contributed by atoms with Crippen LogP contribution in [0.5, 0.6) is 5.75 Å². The fourth-order valence-corrected chi connectivity index (χ4v) is 9.15. The lowest BCUT2D eigenvalue weighted by molar-refractivity contribution is -0.139. The number of likely N-dealkylation sites (tertiary alicyclic amines) is 2. The molecule has 2 aromatic heterocycles. The maximum Gasteiger partial charge on any atom is 0.407 e. The SMILES string of the molecule is COC(=O)N[C@H](C(=O)N1CC(C)C[C@H]1c1ncc(-c2ccc3c(c2)COc2cc4c(ccc5[nH]c([C@@H]6CC[C@H](C)N6C(=O)[C@@H](NC(=O)O)[C@@H](C)OC)nc54)cc2-3)[nH]1)C(C)OC. The first kappa shape index (κ1) is 41.5. The number of rotatable bonds is 11. The van der Waals surface area contributed by atoms with Crippen LogP contribution in [0.2, 0.25) is 0 Å². The van der Waals surface area contributed by atoms with Crippen molar-refractivity contribution in [3.05, 3.63) is 65.9 Å². The molecule has 0 spiro atoms. The van der Waals surface area contributed by atoms with Crippen LogP contribution in [0.4, 0.5) is 9.59 Å². The third-order valence-electron chi connectivity index (χ3n) is 12.6. The van der Waals surface area contributed by atoms with Gasteiger partial charge in [-0.25, -0.2) is 19.6 Å².